The highest BCUT2D eigenvalue weighted by molar-refractivity contribution is 5.92. The Labute approximate surface area is 121 Å². The number of aromatic nitrogens is 2. The van der Waals surface area contributed by atoms with Crippen LogP contribution in [0.2, 0.25) is 0 Å². The van der Waals surface area contributed by atoms with Gasteiger partial charge >= 0.3 is 0 Å². The largest absolute Gasteiger partial charge is 0.337 e. The first-order chi connectivity index (χ1) is 9.52. The maximum Gasteiger partial charge on any atom is 0.272 e. The van der Waals surface area contributed by atoms with Gasteiger partial charge in [-0.05, 0) is 38.2 Å². The van der Waals surface area contributed by atoms with Gasteiger partial charge in [0.2, 0.25) is 0 Å². The second kappa shape index (κ2) is 6.39. The van der Waals surface area contributed by atoms with E-state index in [0.717, 1.165) is 44.6 Å². The lowest BCUT2D eigenvalue weighted by Crippen LogP contribution is -2.34. The van der Waals surface area contributed by atoms with Gasteiger partial charge in [0.1, 0.15) is 5.69 Å². The van der Waals surface area contributed by atoms with Crippen molar-refractivity contribution in [2.45, 2.75) is 58.5 Å². The number of likely N-dealkylation sites (tertiary alicyclic amines) is 1. The van der Waals surface area contributed by atoms with Crippen molar-refractivity contribution >= 4 is 5.91 Å². The minimum absolute atomic E-state index is 0.0975. The molecule has 112 valence electrons. The minimum Gasteiger partial charge on any atom is -0.337 e. The average Bonchev–Trinajstić information content (AvgIpc) is 2.74. The number of amides is 1. The van der Waals surface area contributed by atoms with Gasteiger partial charge < -0.3 is 10.6 Å². The zero-order chi connectivity index (χ0) is 14.7. The van der Waals surface area contributed by atoms with Crippen LogP contribution in [0.15, 0.2) is 6.07 Å². The zero-order valence-corrected chi connectivity index (χ0v) is 12.8. The molecule has 2 heterocycles. The van der Waals surface area contributed by atoms with Gasteiger partial charge in [-0.15, -0.1) is 0 Å². The van der Waals surface area contributed by atoms with Crippen molar-refractivity contribution in [2.24, 2.45) is 5.73 Å². The van der Waals surface area contributed by atoms with Gasteiger partial charge in [0.15, 0.2) is 0 Å². The summed E-state index contributed by atoms with van der Waals surface area (Å²) in [5, 5.41) is 4.53. The molecule has 2 rings (SSSR count). The van der Waals surface area contributed by atoms with Gasteiger partial charge in [0.05, 0.1) is 5.69 Å². The van der Waals surface area contributed by atoms with E-state index in [1.54, 1.807) is 0 Å². The van der Waals surface area contributed by atoms with Gasteiger partial charge in [-0.1, -0.05) is 13.8 Å². The molecule has 5 heteroatoms. The Bertz CT molecular complexity index is 466. The molecule has 1 atom stereocenters. The molecule has 0 spiro atoms. The fourth-order valence-corrected chi connectivity index (χ4v) is 2.62. The standard InChI is InChI=1S/C15H26N4O/c1-4-19-14(10-13(17-19)11(2)3)15(20)18-8-5-6-12(16)7-9-18/h10-12H,4-9,16H2,1-3H3/t12-/m0/s1. The first-order valence-electron chi connectivity index (χ1n) is 7.65. The Morgan fingerprint density at radius 3 is 2.85 bits per heavy atom. The van der Waals surface area contributed by atoms with E-state index in [-0.39, 0.29) is 11.9 Å². The number of rotatable bonds is 3. The quantitative estimate of drug-likeness (QED) is 0.919. The number of hydrogen-bond donors (Lipinski definition) is 1. The molecule has 0 unspecified atom stereocenters. The van der Waals surface area contributed by atoms with E-state index in [4.69, 9.17) is 5.73 Å². The summed E-state index contributed by atoms with van der Waals surface area (Å²) in [5.74, 6) is 0.437. The minimum atomic E-state index is 0.0975. The van der Waals surface area contributed by atoms with Crippen LogP contribution in [0.3, 0.4) is 0 Å². The van der Waals surface area contributed by atoms with E-state index in [0.29, 0.717) is 11.6 Å². The van der Waals surface area contributed by atoms with Crippen LogP contribution in [0, 0.1) is 0 Å². The molecular formula is C15H26N4O. The summed E-state index contributed by atoms with van der Waals surface area (Å²) in [6.45, 7) is 8.50. The molecule has 1 fully saturated rings. The van der Waals surface area contributed by atoms with E-state index in [9.17, 15) is 4.79 Å². The Morgan fingerprint density at radius 2 is 2.20 bits per heavy atom. The molecule has 0 saturated carbocycles. The Balaban J connectivity index is 2.19. The molecule has 1 aromatic rings. The number of nitrogens with zero attached hydrogens (tertiary/aromatic N) is 3. The highest BCUT2D eigenvalue weighted by Gasteiger charge is 2.23. The molecule has 0 radical (unpaired) electrons. The molecule has 1 aromatic heterocycles. The van der Waals surface area contributed by atoms with E-state index in [2.05, 4.69) is 18.9 Å². The van der Waals surface area contributed by atoms with Crippen LogP contribution in [-0.4, -0.2) is 39.7 Å². The molecule has 1 aliphatic rings. The van der Waals surface area contributed by atoms with Gasteiger partial charge in [-0.2, -0.15) is 5.10 Å². The number of hydrogen-bond acceptors (Lipinski definition) is 3. The topological polar surface area (TPSA) is 64.2 Å². The molecule has 2 N–H and O–H groups in total. The summed E-state index contributed by atoms with van der Waals surface area (Å²) in [6.07, 6.45) is 2.89. The van der Waals surface area contributed by atoms with Crippen LogP contribution in [0.25, 0.3) is 0 Å². The predicted molar refractivity (Wildman–Crippen MR) is 79.7 cm³/mol. The van der Waals surface area contributed by atoms with Crippen molar-refractivity contribution in [2.75, 3.05) is 13.1 Å². The highest BCUT2D eigenvalue weighted by Crippen LogP contribution is 2.18. The predicted octanol–water partition coefficient (Wildman–Crippen LogP) is 1.98. The summed E-state index contributed by atoms with van der Waals surface area (Å²) in [7, 11) is 0. The number of aryl methyl sites for hydroxylation is 1. The SMILES string of the molecule is CCn1nc(C(C)C)cc1C(=O)N1CCC[C@H](N)CC1. The third kappa shape index (κ3) is 3.20. The second-order valence-corrected chi connectivity index (χ2v) is 5.91. The third-order valence-electron chi connectivity index (χ3n) is 3.97. The highest BCUT2D eigenvalue weighted by atomic mass is 16.2. The van der Waals surface area contributed by atoms with Crippen molar-refractivity contribution in [3.05, 3.63) is 17.5 Å². The summed E-state index contributed by atoms with van der Waals surface area (Å²) in [4.78, 5) is 14.6. The first-order valence-corrected chi connectivity index (χ1v) is 7.65. The summed E-state index contributed by atoms with van der Waals surface area (Å²) in [5.41, 5.74) is 7.68. The average molecular weight is 278 g/mol. The lowest BCUT2D eigenvalue weighted by Gasteiger charge is -2.20. The number of nitrogens with two attached hydrogens (primary N) is 1. The maximum atomic E-state index is 12.7. The molecule has 0 bridgehead atoms. The molecular weight excluding hydrogens is 252 g/mol. The van der Waals surface area contributed by atoms with Crippen LogP contribution in [0.5, 0.6) is 0 Å². The molecule has 0 aliphatic carbocycles. The van der Waals surface area contributed by atoms with Crippen molar-refractivity contribution in [3.8, 4) is 0 Å². The normalized spacial score (nSPS) is 20.2. The number of carbonyl (C=O) groups is 1. The number of carbonyl (C=O) groups excluding carboxylic acids is 1. The molecule has 1 saturated heterocycles. The van der Waals surface area contributed by atoms with Crippen LogP contribution in [0.4, 0.5) is 0 Å². The molecule has 20 heavy (non-hydrogen) atoms. The maximum absolute atomic E-state index is 12.7. The fraction of sp³-hybridized carbons (Fsp3) is 0.733. The van der Waals surface area contributed by atoms with Crippen molar-refractivity contribution < 1.29 is 4.79 Å². The monoisotopic (exact) mass is 278 g/mol. The van der Waals surface area contributed by atoms with E-state index in [1.807, 2.05) is 22.6 Å². The van der Waals surface area contributed by atoms with Crippen molar-refractivity contribution in [1.29, 1.82) is 0 Å². The second-order valence-electron chi connectivity index (χ2n) is 5.91. The molecule has 5 nitrogen and oxygen atoms in total. The van der Waals surface area contributed by atoms with Crippen molar-refractivity contribution in [3.63, 3.8) is 0 Å². The summed E-state index contributed by atoms with van der Waals surface area (Å²) in [6, 6.07) is 2.18. The van der Waals surface area contributed by atoms with E-state index < -0.39 is 0 Å². The van der Waals surface area contributed by atoms with Crippen LogP contribution < -0.4 is 5.73 Å². The van der Waals surface area contributed by atoms with Crippen LogP contribution in [0.1, 0.15) is 62.1 Å². The van der Waals surface area contributed by atoms with Crippen molar-refractivity contribution in [1.82, 2.24) is 14.7 Å². The third-order valence-corrected chi connectivity index (χ3v) is 3.97. The Morgan fingerprint density at radius 1 is 1.45 bits per heavy atom. The smallest absolute Gasteiger partial charge is 0.272 e. The Hall–Kier alpha value is -1.36. The van der Waals surface area contributed by atoms with Crippen LogP contribution >= 0.6 is 0 Å². The zero-order valence-electron chi connectivity index (χ0n) is 12.8. The Kier molecular flexibility index (Phi) is 4.81. The lowest BCUT2D eigenvalue weighted by atomic mass is 10.1. The van der Waals surface area contributed by atoms with E-state index in [1.165, 1.54) is 0 Å². The van der Waals surface area contributed by atoms with Gasteiger partial charge in [-0.25, -0.2) is 0 Å². The van der Waals surface area contributed by atoms with Crippen LogP contribution in [-0.2, 0) is 6.54 Å². The fourth-order valence-electron chi connectivity index (χ4n) is 2.62. The molecule has 1 aliphatic heterocycles. The van der Waals surface area contributed by atoms with Gasteiger partial charge in [0, 0.05) is 25.7 Å². The summed E-state index contributed by atoms with van der Waals surface area (Å²) < 4.78 is 1.82. The van der Waals surface area contributed by atoms with Gasteiger partial charge in [-0.3, -0.25) is 9.48 Å². The van der Waals surface area contributed by atoms with E-state index >= 15 is 0 Å². The summed E-state index contributed by atoms with van der Waals surface area (Å²) >= 11 is 0. The molecule has 0 aromatic carbocycles. The first kappa shape index (κ1) is 15.0. The molecule has 1 amide bonds. The van der Waals surface area contributed by atoms with Gasteiger partial charge in [0.25, 0.3) is 5.91 Å². The lowest BCUT2D eigenvalue weighted by molar-refractivity contribution is 0.0749.